The van der Waals surface area contributed by atoms with Gasteiger partial charge >= 0.3 is 5.97 Å². The molecule has 1 saturated heterocycles. The Kier molecular flexibility index (Phi) is 5.68. The summed E-state index contributed by atoms with van der Waals surface area (Å²) < 4.78 is 4.75. The van der Waals surface area contributed by atoms with Crippen LogP contribution in [0.1, 0.15) is 31.4 Å². The summed E-state index contributed by atoms with van der Waals surface area (Å²) in [6.45, 7) is 3.41. The normalized spacial score (nSPS) is 15.6. The molecule has 0 aromatic carbocycles. The molecule has 0 unspecified atom stereocenters. The third-order valence-electron chi connectivity index (χ3n) is 3.81. The summed E-state index contributed by atoms with van der Waals surface area (Å²) in [5.41, 5.74) is 5.89. The van der Waals surface area contributed by atoms with Crippen LogP contribution in [0.2, 0.25) is 0 Å². The number of esters is 1. The highest BCUT2D eigenvalue weighted by Gasteiger charge is 2.21. The summed E-state index contributed by atoms with van der Waals surface area (Å²) in [6.07, 6.45) is 4.89. The van der Waals surface area contributed by atoms with Crippen LogP contribution in [0.4, 0.5) is 5.95 Å². The monoisotopic (exact) mass is 306 g/mol. The second-order valence-electron chi connectivity index (χ2n) is 5.59. The molecule has 1 aliphatic rings. The third kappa shape index (κ3) is 4.98. The highest BCUT2D eigenvalue weighted by Crippen LogP contribution is 2.24. The molecular weight excluding hydrogens is 284 g/mol. The van der Waals surface area contributed by atoms with E-state index in [9.17, 15) is 9.59 Å². The van der Waals surface area contributed by atoms with Crippen molar-refractivity contribution in [1.82, 2.24) is 9.97 Å². The van der Waals surface area contributed by atoms with Crippen molar-refractivity contribution in [3.8, 4) is 0 Å². The molecule has 2 rings (SSSR count). The van der Waals surface area contributed by atoms with Gasteiger partial charge < -0.3 is 15.4 Å². The predicted octanol–water partition coefficient (Wildman–Crippen LogP) is 0.810. The average Bonchev–Trinajstić information content (AvgIpc) is 2.51. The summed E-state index contributed by atoms with van der Waals surface area (Å²) in [6, 6.07) is 1.88. The number of nitrogens with two attached hydrogens (primary N) is 1. The number of carbonyl (C=O) groups is 2. The van der Waals surface area contributed by atoms with Gasteiger partial charge in [-0.15, -0.1) is 0 Å². The molecule has 2 N–H and O–H groups in total. The molecule has 0 saturated carbocycles. The van der Waals surface area contributed by atoms with E-state index in [1.807, 2.05) is 13.0 Å². The van der Waals surface area contributed by atoms with E-state index in [0.717, 1.165) is 44.0 Å². The van der Waals surface area contributed by atoms with E-state index in [-0.39, 0.29) is 12.6 Å². The maximum atomic E-state index is 11.5. The van der Waals surface area contributed by atoms with Crippen LogP contribution in [0.15, 0.2) is 12.3 Å². The molecule has 2 heterocycles. The van der Waals surface area contributed by atoms with Gasteiger partial charge in [-0.1, -0.05) is 0 Å². The van der Waals surface area contributed by atoms with E-state index in [1.54, 1.807) is 6.20 Å². The van der Waals surface area contributed by atoms with E-state index in [2.05, 4.69) is 14.9 Å². The standard InChI is InChI=1S/C15H22N4O3/c1-11-4-7-17-15(18-11)19-8-5-12(6-9-19)2-3-14(21)22-10-13(16)20/h4,7,12H,2-3,5-6,8-10H2,1H3,(H2,16,20). The number of hydrogen-bond acceptors (Lipinski definition) is 6. The van der Waals surface area contributed by atoms with Gasteiger partial charge in [-0.2, -0.15) is 0 Å². The van der Waals surface area contributed by atoms with Crippen LogP contribution in [0.5, 0.6) is 0 Å². The van der Waals surface area contributed by atoms with Crippen LogP contribution in [0.25, 0.3) is 0 Å². The Morgan fingerprint density at radius 1 is 1.41 bits per heavy atom. The second kappa shape index (κ2) is 7.72. The maximum Gasteiger partial charge on any atom is 0.306 e. The first kappa shape index (κ1) is 16.2. The van der Waals surface area contributed by atoms with Gasteiger partial charge in [0.2, 0.25) is 5.95 Å². The first-order valence-corrected chi connectivity index (χ1v) is 7.53. The number of anilines is 1. The molecule has 1 aliphatic heterocycles. The number of rotatable bonds is 6. The highest BCUT2D eigenvalue weighted by molar-refractivity contribution is 5.78. The third-order valence-corrected chi connectivity index (χ3v) is 3.81. The Morgan fingerprint density at radius 2 is 2.14 bits per heavy atom. The summed E-state index contributed by atoms with van der Waals surface area (Å²) in [5, 5.41) is 0. The molecule has 1 aromatic heterocycles. The Balaban J connectivity index is 1.71. The molecule has 1 aromatic rings. The van der Waals surface area contributed by atoms with Crippen LogP contribution < -0.4 is 10.6 Å². The zero-order valence-electron chi connectivity index (χ0n) is 12.8. The molecular formula is C15H22N4O3. The van der Waals surface area contributed by atoms with Crippen molar-refractivity contribution in [1.29, 1.82) is 0 Å². The lowest BCUT2D eigenvalue weighted by molar-refractivity contribution is -0.148. The topological polar surface area (TPSA) is 98.4 Å². The zero-order chi connectivity index (χ0) is 15.9. The van der Waals surface area contributed by atoms with Gasteiger partial charge in [-0.25, -0.2) is 9.97 Å². The molecule has 0 radical (unpaired) electrons. The molecule has 0 spiro atoms. The number of primary amides is 1. The molecule has 1 fully saturated rings. The van der Waals surface area contributed by atoms with Gasteiger partial charge in [0, 0.05) is 31.4 Å². The minimum atomic E-state index is -0.625. The average molecular weight is 306 g/mol. The second-order valence-corrected chi connectivity index (χ2v) is 5.59. The lowest BCUT2D eigenvalue weighted by atomic mass is 9.92. The smallest absolute Gasteiger partial charge is 0.306 e. The van der Waals surface area contributed by atoms with Crippen LogP contribution in [-0.4, -0.2) is 41.5 Å². The predicted molar refractivity (Wildman–Crippen MR) is 81.1 cm³/mol. The van der Waals surface area contributed by atoms with Crippen molar-refractivity contribution in [3.05, 3.63) is 18.0 Å². The van der Waals surface area contributed by atoms with Crippen molar-refractivity contribution in [2.45, 2.75) is 32.6 Å². The fourth-order valence-corrected chi connectivity index (χ4v) is 2.56. The summed E-state index contributed by atoms with van der Waals surface area (Å²) >= 11 is 0. The summed E-state index contributed by atoms with van der Waals surface area (Å²) in [5.74, 6) is 0.282. The number of nitrogens with zero attached hydrogens (tertiary/aromatic N) is 3. The van der Waals surface area contributed by atoms with Crippen molar-refractivity contribution in [2.24, 2.45) is 11.7 Å². The van der Waals surface area contributed by atoms with Crippen LogP contribution in [-0.2, 0) is 14.3 Å². The molecule has 7 nitrogen and oxygen atoms in total. The Labute approximate surface area is 129 Å². The first-order valence-electron chi connectivity index (χ1n) is 7.53. The van der Waals surface area contributed by atoms with E-state index in [1.165, 1.54) is 0 Å². The Bertz CT molecular complexity index is 527. The van der Waals surface area contributed by atoms with Crippen LogP contribution in [0, 0.1) is 12.8 Å². The van der Waals surface area contributed by atoms with E-state index in [0.29, 0.717) is 12.3 Å². The summed E-state index contributed by atoms with van der Waals surface area (Å²) in [7, 11) is 0. The van der Waals surface area contributed by atoms with Gasteiger partial charge in [-0.3, -0.25) is 9.59 Å². The molecule has 22 heavy (non-hydrogen) atoms. The summed E-state index contributed by atoms with van der Waals surface area (Å²) in [4.78, 5) is 32.9. The zero-order valence-corrected chi connectivity index (χ0v) is 12.8. The van der Waals surface area contributed by atoms with Crippen LogP contribution in [0.3, 0.4) is 0 Å². The molecule has 0 bridgehead atoms. The van der Waals surface area contributed by atoms with Crippen molar-refractivity contribution < 1.29 is 14.3 Å². The molecule has 7 heteroatoms. The van der Waals surface area contributed by atoms with Gasteiger partial charge in [0.25, 0.3) is 5.91 Å². The molecule has 1 amide bonds. The SMILES string of the molecule is Cc1ccnc(N2CCC(CCC(=O)OCC(N)=O)CC2)n1. The molecule has 0 aliphatic carbocycles. The van der Waals surface area contributed by atoms with Crippen molar-refractivity contribution >= 4 is 17.8 Å². The molecule has 120 valence electrons. The maximum absolute atomic E-state index is 11.5. The van der Waals surface area contributed by atoms with Gasteiger partial charge in [0.1, 0.15) is 0 Å². The number of hydrogen-bond donors (Lipinski definition) is 1. The lowest BCUT2D eigenvalue weighted by Gasteiger charge is -2.31. The Morgan fingerprint density at radius 3 is 2.77 bits per heavy atom. The van der Waals surface area contributed by atoms with E-state index >= 15 is 0 Å². The minimum absolute atomic E-state index is 0.331. The van der Waals surface area contributed by atoms with E-state index in [4.69, 9.17) is 10.5 Å². The van der Waals surface area contributed by atoms with Gasteiger partial charge in [-0.05, 0) is 38.2 Å². The number of amides is 1. The number of ether oxygens (including phenoxy) is 1. The number of carbonyl (C=O) groups excluding carboxylic acids is 2. The van der Waals surface area contributed by atoms with E-state index < -0.39 is 5.91 Å². The quantitative estimate of drug-likeness (QED) is 0.781. The van der Waals surface area contributed by atoms with Crippen LogP contribution >= 0.6 is 0 Å². The highest BCUT2D eigenvalue weighted by atomic mass is 16.5. The Hall–Kier alpha value is -2.18. The van der Waals surface area contributed by atoms with Gasteiger partial charge in [0.15, 0.2) is 6.61 Å². The van der Waals surface area contributed by atoms with Crippen molar-refractivity contribution in [3.63, 3.8) is 0 Å². The largest absolute Gasteiger partial charge is 0.456 e. The minimum Gasteiger partial charge on any atom is -0.456 e. The number of piperidine rings is 1. The lowest BCUT2D eigenvalue weighted by Crippen LogP contribution is -2.35. The molecule has 0 atom stereocenters. The number of aryl methyl sites for hydroxylation is 1. The first-order chi connectivity index (χ1) is 10.5. The fraction of sp³-hybridized carbons (Fsp3) is 0.600. The number of aromatic nitrogens is 2. The van der Waals surface area contributed by atoms with Crippen molar-refractivity contribution in [2.75, 3.05) is 24.6 Å². The fourth-order valence-electron chi connectivity index (χ4n) is 2.56. The van der Waals surface area contributed by atoms with Gasteiger partial charge in [0.05, 0.1) is 0 Å².